The fraction of sp³-hybridized carbons (Fsp3) is 0.182. The Morgan fingerprint density at radius 2 is 1.80 bits per heavy atom. The average Bonchev–Trinajstić information content (AvgIpc) is 3.38. The molecule has 8 nitrogen and oxygen atoms in total. The normalized spacial score (nSPS) is 10.8. The maximum absolute atomic E-state index is 12.4. The second-order valence-corrected chi connectivity index (χ2v) is 6.94. The fourth-order valence-corrected chi connectivity index (χ4v) is 3.23. The minimum absolute atomic E-state index is 0.119. The second-order valence-electron chi connectivity index (χ2n) is 6.94. The number of hydrogen-bond acceptors (Lipinski definition) is 4. The van der Waals surface area contributed by atoms with E-state index < -0.39 is 0 Å². The van der Waals surface area contributed by atoms with Crippen LogP contribution in [0.2, 0.25) is 0 Å². The SMILES string of the molecule is CC(=O)Nc1cnn(-c2ccc(C(=O)NCCCn3ncc4ccccc43)cc2)c1. The van der Waals surface area contributed by atoms with Crippen LogP contribution in [-0.2, 0) is 11.3 Å². The lowest BCUT2D eigenvalue weighted by molar-refractivity contribution is -0.114. The number of carbonyl (C=O) groups is 2. The van der Waals surface area contributed by atoms with Gasteiger partial charge in [-0.2, -0.15) is 10.2 Å². The third-order valence-electron chi connectivity index (χ3n) is 4.68. The molecule has 2 N–H and O–H groups in total. The largest absolute Gasteiger partial charge is 0.352 e. The summed E-state index contributed by atoms with van der Waals surface area (Å²) in [4.78, 5) is 23.5. The van der Waals surface area contributed by atoms with Gasteiger partial charge in [0.05, 0.1) is 35.5 Å². The Labute approximate surface area is 173 Å². The molecule has 0 spiro atoms. The molecule has 0 saturated heterocycles. The smallest absolute Gasteiger partial charge is 0.251 e. The first kappa shape index (κ1) is 19.4. The highest BCUT2D eigenvalue weighted by Crippen LogP contribution is 2.14. The molecule has 0 atom stereocenters. The summed E-state index contributed by atoms with van der Waals surface area (Å²) in [5.41, 5.74) is 3.10. The molecule has 0 radical (unpaired) electrons. The summed E-state index contributed by atoms with van der Waals surface area (Å²) in [5, 5.41) is 15.4. The van der Waals surface area contributed by atoms with E-state index in [9.17, 15) is 9.59 Å². The number of fused-ring (bicyclic) bond motifs is 1. The van der Waals surface area contributed by atoms with Crippen molar-refractivity contribution in [2.45, 2.75) is 19.9 Å². The van der Waals surface area contributed by atoms with Gasteiger partial charge in [-0.1, -0.05) is 18.2 Å². The third-order valence-corrected chi connectivity index (χ3v) is 4.68. The van der Waals surface area contributed by atoms with Crippen LogP contribution in [0.25, 0.3) is 16.6 Å². The zero-order valence-corrected chi connectivity index (χ0v) is 16.6. The molecule has 2 amide bonds. The number of benzene rings is 2. The van der Waals surface area contributed by atoms with Crippen molar-refractivity contribution in [3.05, 3.63) is 72.7 Å². The van der Waals surface area contributed by atoms with Crippen molar-refractivity contribution in [3.8, 4) is 5.69 Å². The Hall–Kier alpha value is -3.94. The predicted octanol–water partition coefficient (Wildman–Crippen LogP) is 3.00. The minimum Gasteiger partial charge on any atom is -0.352 e. The van der Waals surface area contributed by atoms with Gasteiger partial charge in [0.15, 0.2) is 0 Å². The Balaban J connectivity index is 1.29. The molecule has 4 aromatic rings. The number of carbonyl (C=O) groups excluding carboxylic acids is 2. The molecule has 0 bridgehead atoms. The first-order valence-corrected chi connectivity index (χ1v) is 9.71. The Bertz CT molecular complexity index is 1180. The molecule has 30 heavy (non-hydrogen) atoms. The molecule has 152 valence electrons. The fourth-order valence-electron chi connectivity index (χ4n) is 3.23. The zero-order chi connectivity index (χ0) is 20.9. The van der Waals surface area contributed by atoms with Crippen molar-refractivity contribution >= 4 is 28.4 Å². The van der Waals surface area contributed by atoms with Crippen LogP contribution < -0.4 is 10.6 Å². The van der Waals surface area contributed by atoms with Crippen LogP contribution in [0.5, 0.6) is 0 Å². The predicted molar refractivity (Wildman–Crippen MR) is 115 cm³/mol. The molecule has 0 aliphatic heterocycles. The molecule has 2 heterocycles. The van der Waals surface area contributed by atoms with E-state index in [1.165, 1.54) is 6.92 Å². The van der Waals surface area contributed by atoms with Crippen molar-refractivity contribution in [3.63, 3.8) is 0 Å². The topological polar surface area (TPSA) is 93.8 Å². The first-order valence-electron chi connectivity index (χ1n) is 9.71. The van der Waals surface area contributed by atoms with Gasteiger partial charge in [0.25, 0.3) is 5.91 Å². The molecule has 2 aromatic heterocycles. The second kappa shape index (κ2) is 8.60. The number of aryl methyl sites for hydroxylation is 1. The van der Waals surface area contributed by atoms with E-state index >= 15 is 0 Å². The summed E-state index contributed by atoms with van der Waals surface area (Å²) >= 11 is 0. The molecular formula is C22H22N6O2. The maximum atomic E-state index is 12.4. The molecule has 0 fully saturated rings. The third kappa shape index (κ3) is 4.38. The number of para-hydroxylation sites is 1. The monoisotopic (exact) mass is 402 g/mol. The van der Waals surface area contributed by atoms with E-state index in [1.807, 2.05) is 47.3 Å². The van der Waals surface area contributed by atoms with Gasteiger partial charge >= 0.3 is 0 Å². The number of rotatable bonds is 7. The number of nitrogens with one attached hydrogen (secondary N) is 2. The van der Waals surface area contributed by atoms with Gasteiger partial charge < -0.3 is 10.6 Å². The van der Waals surface area contributed by atoms with Crippen LogP contribution in [0.15, 0.2) is 67.1 Å². The summed E-state index contributed by atoms with van der Waals surface area (Å²) in [5.74, 6) is -0.270. The Morgan fingerprint density at radius 1 is 1.00 bits per heavy atom. The molecule has 0 aliphatic carbocycles. The van der Waals surface area contributed by atoms with E-state index in [2.05, 4.69) is 20.8 Å². The van der Waals surface area contributed by atoms with Gasteiger partial charge in [-0.25, -0.2) is 4.68 Å². The van der Waals surface area contributed by atoms with Crippen LogP contribution in [0.4, 0.5) is 5.69 Å². The molecule has 0 unspecified atom stereocenters. The van der Waals surface area contributed by atoms with Crippen molar-refractivity contribution < 1.29 is 9.59 Å². The summed E-state index contributed by atoms with van der Waals surface area (Å²) in [6, 6.07) is 15.2. The Kier molecular flexibility index (Phi) is 5.56. The molecule has 2 aromatic carbocycles. The van der Waals surface area contributed by atoms with E-state index in [0.29, 0.717) is 17.8 Å². The number of hydrogen-bond donors (Lipinski definition) is 2. The summed E-state index contributed by atoms with van der Waals surface area (Å²) in [7, 11) is 0. The average molecular weight is 402 g/mol. The lowest BCUT2D eigenvalue weighted by Gasteiger charge is -2.07. The molecule has 0 aliphatic rings. The van der Waals surface area contributed by atoms with Crippen molar-refractivity contribution in [1.29, 1.82) is 0 Å². The molecular weight excluding hydrogens is 380 g/mol. The summed E-state index contributed by atoms with van der Waals surface area (Å²) in [6.45, 7) is 2.75. The maximum Gasteiger partial charge on any atom is 0.251 e. The lowest BCUT2D eigenvalue weighted by Crippen LogP contribution is -2.25. The van der Waals surface area contributed by atoms with Crippen molar-refractivity contribution in [2.75, 3.05) is 11.9 Å². The lowest BCUT2D eigenvalue weighted by atomic mass is 10.2. The van der Waals surface area contributed by atoms with E-state index in [0.717, 1.165) is 29.6 Å². The van der Waals surface area contributed by atoms with Gasteiger partial charge in [-0.3, -0.25) is 14.3 Å². The zero-order valence-electron chi connectivity index (χ0n) is 16.6. The standard InChI is InChI=1S/C22H22N6O2/c1-16(29)26-19-14-25-28(15-19)20-9-7-17(8-10-20)22(30)23-11-4-12-27-21-6-3-2-5-18(21)13-24-27/h2-3,5-10,13-15H,4,11-12H2,1H3,(H,23,30)(H,26,29). The van der Waals surface area contributed by atoms with Crippen molar-refractivity contribution in [2.24, 2.45) is 0 Å². The molecule has 4 rings (SSSR count). The van der Waals surface area contributed by atoms with Gasteiger partial charge in [-0.05, 0) is 36.8 Å². The molecule has 8 heteroatoms. The highest BCUT2D eigenvalue weighted by Gasteiger charge is 2.07. The van der Waals surface area contributed by atoms with E-state index in [-0.39, 0.29) is 11.8 Å². The van der Waals surface area contributed by atoms with Crippen LogP contribution in [0, 0.1) is 0 Å². The van der Waals surface area contributed by atoms with Gasteiger partial charge in [0.2, 0.25) is 5.91 Å². The summed E-state index contributed by atoms with van der Waals surface area (Å²) < 4.78 is 3.59. The summed E-state index contributed by atoms with van der Waals surface area (Å²) in [6.07, 6.45) is 5.93. The van der Waals surface area contributed by atoms with Crippen molar-refractivity contribution in [1.82, 2.24) is 24.9 Å². The van der Waals surface area contributed by atoms with Gasteiger partial charge in [0, 0.05) is 31.0 Å². The number of aromatic nitrogens is 4. The highest BCUT2D eigenvalue weighted by atomic mass is 16.2. The van der Waals surface area contributed by atoms with E-state index in [4.69, 9.17) is 0 Å². The minimum atomic E-state index is -0.151. The van der Waals surface area contributed by atoms with Gasteiger partial charge in [0.1, 0.15) is 0 Å². The van der Waals surface area contributed by atoms with Crippen LogP contribution >= 0.6 is 0 Å². The number of nitrogens with zero attached hydrogens (tertiary/aromatic N) is 4. The van der Waals surface area contributed by atoms with Crippen LogP contribution in [0.1, 0.15) is 23.7 Å². The quantitative estimate of drug-likeness (QED) is 0.465. The first-order chi connectivity index (χ1) is 14.6. The highest BCUT2D eigenvalue weighted by molar-refractivity contribution is 5.94. The molecule has 0 saturated carbocycles. The number of amides is 2. The van der Waals surface area contributed by atoms with Crippen LogP contribution in [-0.4, -0.2) is 37.9 Å². The Morgan fingerprint density at radius 3 is 2.60 bits per heavy atom. The van der Waals surface area contributed by atoms with E-state index in [1.54, 1.807) is 29.2 Å². The van der Waals surface area contributed by atoms with Crippen LogP contribution in [0.3, 0.4) is 0 Å². The van der Waals surface area contributed by atoms with Gasteiger partial charge in [-0.15, -0.1) is 0 Å². The number of anilines is 1.